The third-order valence-electron chi connectivity index (χ3n) is 5.02. The number of ether oxygens (including phenoxy) is 2. The van der Waals surface area contributed by atoms with Crippen molar-refractivity contribution in [2.24, 2.45) is 11.8 Å². The molecule has 4 nitrogen and oxygen atoms in total. The van der Waals surface area contributed by atoms with E-state index in [4.69, 9.17) is 9.47 Å². The molecule has 2 aliphatic heterocycles. The molecule has 3 aliphatic rings. The summed E-state index contributed by atoms with van der Waals surface area (Å²) in [5.74, 6) is -0.939. The summed E-state index contributed by atoms with van der Waals surface area (Å²) < 4.78 is 11.5. The molecule has 0 amide bonds. The van der Waals surface area contributed by atoms with E-state index < -0.39 is 11.5 Å². The van der Waals surface area contributed by atoms with Gasteiger partial charge in [0.25, 0.3) is 0 Å². The molecule has 0 aromatic heterocycles. The van der Waals surface area contributed by atoms with Crippen LogP contribution in [0.2, 0.25) is 0 Å². The van der Waals surface area contributed by atoms with Crippen molar-refractivity contribution in [3.8, 4) is 0 Å². The molecule has 2 heterocycles. The molecule has 2 bridgehead atoms. The molecule has 20 heavy (non-hydrogen) atoms. The van der Waals surface area contributed by atoms with Crippen LogP contribution in [0.3, 0.4) is 0 Å². The van der Waals surface area contributed by atoms with Crippen LogP contribution in [0.15, 0.2) is 12.2 Å². The minimum Gasteiger partial charge on any atom is -0.460 e. The van der Waals surface area contributed by atoms with Gasteiger partial charge in [0.05, 0.1) is 12.0 Å². The van der Waals surface area contributed by atoms with Crippen LogP contribution in [0.1, 0.15) is 46.0 Å². The van der Waals surface area contributed by atoms with E-state index in [-0.39, 0.29) is 29.9 Å². The fraction of sp³-hybridized carbons (Fsp3) is 0.750. The topological polar surface area (TPSA) is 52.6 Å². The van der Waals surface area contributed by atoms with Gasteiger partial charge in [0.1, 0.15) is 11.9 Å². The van der Waals surface area contributed by atoms with Crippen LogP contribution >= 0.6 is 0 Å². The van der Waals surface area contributed by atoms with Crippen LogP contribution in [0.25, 0.3) is 0 Å². The Kier molecular flexibility index (Phi) is 3.44. The van der Waals surface area contributed by atoms with Crippen LogP contribution in [-0.2, 0) is 19.1 Å². The van der Waals surface area contributed by atoms with Gasteiger partial charge in [-0.25, -0.2) is 4.79 Å². The predicted octanol–water partition coefficient (Wildman–Crippen LogP) is 2.41. The number of esters is 1. The summed E-state index contributed by atoms with van der Waals surface area (Å²) >= 11 is 0. The monoisotopic (exact) mass is 278 g/mol. The first-order valence-corrected chi connectivity index (χ1v) is 7.66. The number of ketones is 1. The second-order valence-electron chi connectivity index (χ2n) is 6.31. The van der Waals surface area contributed by atoms with Crippen molar-refractivity contribution >= 4 is 11.8 Å². The summed E-state index contributed by atoms with van der Waals surface area (Å²) in [4.78, 5) is 24.8. The normalized spacial score (nSPS) is 40.9. The number of hydrogen-bond acceptors (Lipinski definition) is 4. The van der Waals surface area contributed by atoms with Crippen molar-refractivity contribution in [1.82, 2.24) is 0 Å². The minimum atomic E-state index is -1.17. The van der Waals surface area contributed by atoms with E-state index in [0.717, 1.165) is 25.7 Å². The Morgan fingerprint density at radius 1 is 1.30 bits per heavy atom. The molecule has 110 valence electrons. The maximum Gasteiger partial charge on any atom is 0.343 e. The molecule has 3 rings (SSSR count). The fourth-order valence-electron chi connectivity index (χ4n) is 3.54. The van der Waals surface area contributed by atoms with Crippen molar-refractivity contribution in [3.63, 3.8) is 0 Å². The molecule has 4 atom stereocenters. The summed E-state index contributed by atoms with van der Waals surface area (Å²) in [5, 5.41) is 0. The lowest BCUT2D eigenvalue weighted by Gasteiger charge is -2.39. The highest BCUT2D eigenvalue weighted by atomic mass is 16.6. The highest BCUT2D eigenvalue weighted by Crippen LogP contribution is 2.42. The van der Waals surface area contributed by atoms with E-state index in [2.05, 4.69) is 0 Å². The summed E-state index contributed by atoms with van der Waals surface area (Å²) in [5.41, 5.74) is -1.17. The summed E-state index contributed by atoms with van der Waals surface area (Å²) in [6.07, 6.45) is 8.57. The Morgan fingerprint density at radius 2 is 2.00 bits per heavy atom. The van der Waals surface area contributed by atoms with Crippen LogP contribution in [0.5, 0.6) is 0 Å². The smallest absolute Gasteiger partial charge is 0.343 e. The Bertz CT molecular complexity index is 449. The molecule has 1 saturated carbocycles. The van der Waals surface area contributed by atoms with Gasteiger partial charge in [-0.1, -0.05) is 26.3 Å². The van der Waals surface area contributed by atoms with Crippen molar-refractivity contribution in [3.05, 3.63) is 12.2 Å². The number of rotatable bonds is 2. The first kappa shape index (κ1) is 13.8. The Morgan fingerprint density at radius 3 is 2.70 bits per heavy atom. The molecule has 0 aromatic carbocycles. The molecule has 1 aliphatic carbocycles. The SMILES string of the molecule is C[C@@H]1C(=O)[C@H](C)[C@]2(C(=O)OC3CCCCC3)C=C[C@H]1O2. The Labute approximate surface area is 119 Å². The average Bonchev–Trinajstić information content (AvgIpc) is 2.88. The third kappa shape index (κ3) is 2.01. The Hall–Kier alpha value is -1.16. The van der Waals surface area contributed by atoms with Crippen molar-refractivity contribution in [2.45, 2.75) is 63.8 Å². The van der Waals surface area contributed by atoms with Gasteiger partial charge in [-0.3, -0.25) is 4.79 Å². The van der Waals surface area contributed by atoms with Gasteiger partial charge >= 0.3 is 5.97 Å². The first-order chi connectivity index (χ1) is 9.54. The zero-order valence-corrected chi connectivity index (χ0v) is 12.1. The van der Waals surface area contributed by atoms with Crippen LogP contribution in [-0.4, -0.2) is 29.6 Å². The standard InChI is InChI=1S/C16H22O4/c1-10-13-8-9-16(20-13,11(2)14(10)17)15(18)19-12-6-4-3-5-7-12/h8-13H,3-7H2,1-2H3/t10-,11-,13+,16-/m0/s1. The number of fused-ring (bicyclic) bond motifs is 2. The summed E-state index contributed by atoms with van der Waals surface area (Å²) in [6.45, 7) is 3.63. The second-order valence-corrected chi connectivity index (χ2v) is 6.31. The Balaban J connectivity index is 1.76. The zero-order chi connectivity index (χ0) is 14.3. The average molecular weight is 278 g/mol. The second kappa shape index (κ2) is 4.99. The van der Waals surface area contributed by atoms with E-state index >= 15 is 0 Å². The quantitative estimate of drug-likeness (QED) is 0.575. The fourth-order valence-corrected chi connectivity index (χ4v) is 3.54. The van der Waals surface area contributed by atoms with Gasteiger partial charge in [0.15, 0.2) is 5.60 Å². The van der Waals surface area contributed by atoms with Gasteiger partial charge < -0.3 is 9.47 Å². The highest BCUT2D eigenvalue weighted by molar-refractivity contribution is 5.96. The molecule has 0 unspecified atom stereocenters. The van der Waals surface area contributed by atoms with Gasteiger partial charge in [0.2, 0.25) is 0 Å². The van der Waals surface area contributed by atoms with E-state index in [9.17, 15) is 9.59 Å². The van der Waals surface area contributed by atoms with Gasteiger partial charge in [-0.15, -0.1) is 0 Å². The molecule has 4 heteroatoms. The number of carbonyl (C=O) groups is 2. The molecule has 1 saturated heterocycles. The molecule has 0 aromatic rings. The van der Waals surface area contributed by atoms with Crippen LogP contribution < -0.4 is 0 Å². The van der Waals surface area contributed by atoms with E-state index in [1.165, 1.54) is 6.42 Å². The third-order valence-corrected chi connectivity index (χ3v) is 5.02. The van der Waals surface area contributed by atoms with E-state index in [1.54, 1.807) is 13.0 Å². The number of hydrogen-bond donors (Lipinski definition) is 0. The molecular weight excluding hydrogens is 256 g/mol. The summed E-state index contributed by atoms with van der Waals surface area (Å²) in [7, 11) is 0. The molecule has 0 spiro atoms. The molecule has 0 N–H and O–H groups in total. The lowest BCUT2D eigenvalue weighted by molar-refractivity contribution is -0.192. The van der Waals surface area contributed by atoms with E-state index in [0.29, 0.717) is 0 Å². The maximum absolute atomic E-state index is 12.6. The largest absolute Gasteiger partial charge is 0.460 e. The van der Waals surface area contributed by atoms with Crippen molar-refractivity contribution in [2.75, 3.05) is 0 Å². The van der Waals surface area contributed by atoms with Gasteiger partial charge in [-0.05, 0) is 31.8 Å². The predicted molar refractivity (Wildman–Crippen MR) is 73.0 cm³/mol. The van der Waals surface area contributed by atoms with Crippen LogP contribution in [0, 0.1) is 11.8 Å². The summed E-state index contributed by atoms with van der Waals surface area (Å²) in [6, 6.07) is 0. The maximum atomic E-state index is 12.6. The molecule has 0 radical (unpaired) electrons. The van der Waals surface area contributed by atoms with Gasteiger partial charge in [0, 0.05) is 5.92 Å². The zero-order valence-electron chi connectivity index (χ0n) is 12.1. The number of carbonyl (C=O) groups excluding carboxylic acids is 2. The number of Topliss-reactive ketones (excluding diaryl/α,β-unsaturated/α-hetero) is 1. The lowest BCUT2D eigenvalue weighted by Crippen LogP contribution is -2.55. The molecule has 2 fully saturated rings. The van der Waals surface area contributed by atoms with Crippen LogP contribution in [0.4, 0.5) is 0 Å². The first-order valence-electron chi connectivity index (χ1n) is 7.66. The molecular formula is C16H22O4. The van der Waals surface area contributed by atoms with E-state index in [1.807, 2.05) is 13.0 Å². The lowest BCUT2D eigenvalue weighted by atomic mass is 9.79. The minimum absolute atomic E-state index is 0.0108. The van der Waals surface area contributed by atoms with Crippen molar-refractivity contribution < 1.29 is 19.1 Å². The van der Waals surface area contributed by atoms with Gasteiger partial charge in [-0.2, -0.15) is 0 Å². The van der Waals surface area contributed by atoms with Crippen molar-refractivity contribution in [1.29, 1.82) is 0 Å². The highest BCUT2D eigenvalue weighted by Gasteiger charge is 2.57.